The van der Waals surface area contributed by atoms with Crippen molar-refractivity contribution in [1.29, 1.82) is 0 Å². The number of nitrogens with zero attached hydrogens (tertiary/aromatic N) is 2. The number of nitrogen functional groups attached to an aromatic ring is 1. The van der Waals surface area contributed by atoms with Crippen LogP contribution in [0.4, 0.5) is 5.69 Å². The molecule has 0 fully saturated rings. The van der Waals surface area contributed by atoms with Gasteiger partial charge in [0.2, 0.25) is 0 Å². The molecule has 1 aliphatic heterocycles. The van der Waals surface area contributed by atoms with Crippen LogP contribution in [-0.4, -0.2) is 17.7 Å². The maximum Gasteiger partial charge on any atom is 0.0895 e. The number of pyridine rings is 1. The largest absolute Gasteiger partial charge is 0.397 e. The Morgan fingerprint density at radius 2 is 2.06 bits per heavy atom. The summed E-state index contributed by atoms with van der Waals surface area (Å²) in [6, 6.07) is 2.01. The molecule has 0 amide bonds. The van der Waals surface area contributed by atoms with Gasteiger partial charge in [0.25, 0.3) is 0 Å². The monoisotopic (exact) mass is 229 g/mol. The molecule has 3 heteroatoms. The van der Waals surface area contributed by atoms with Crippen molar-refractivity contribution in [2.45, 2.75) is 32.6 Å². The number of dihydropyridines is 1. The number of anilines is 1. The van der Waals surface area contributed by atoms with Crippen molar-refractivity contribution < 1.29 is 0 Å². The molecule has 0 unspecified atom stereocenters. The summed E-state index contributed by atoms with van der Waals surface area (Å²) in [5.74, 6) is 0. The van der Waals surface area contributed by atoms with E-state index in [0.29, 0.717) is 0 Å². The second kappa shape index (κ2) is 4.32. The zero-order valence-corrected chi connectivity index (χ0v) is 10.7. The van der Waals surface area contributed by atoms with E-state index in [0.717, 1.165) is 29.9 Å². The molecule has 1 aromatic heterocycles. The molecule has 2 heterocycles. The first-order valence-corrected chi connectivity index (χ1v) is 5.94. The summed E-state index contributed by atoms with van der Waals surface area (Å²) >= 11 is 0. The van der Waals surface area contributed by atoms with Crippen LogP contribution in [0, 0.1) is 0 Å². The van der Waals surface area contributed by atoms with Crippen LogP contribution in [-0.2, 0) is 5.41 Å². The molecule has 2 rings (SSSR count). The van der Waals surface area contributed by atoms with Crippen molar-refractivity contribution in [1.82, 2.24) is 4.98 Å². The van der Waals surface area contributed by atoms with Crippen molar-refractivity contribution in [3.8, 4) is 0 Å². The fourth-order valence-electron chi connectivity index (χ4n) is 2.07. The van der Waals surface area contributed by atoms with Crippen molar-refractivity contribution in [3.05, 3.63) is 29.6 Å². The third-order valence-corrected chi connectivity index (χ3v) is 2.99. The van der Waals surface area contributed by atoms with Crippen LogP contribution in [0.2, 0.25) is 0 Å². The number of hydrogen-bond donors (Lipinski definition) is 1. The van der Waals surface area contributed by atoms with Gasteiger partial charge in [0.1, 0.15) is 0 Å². The van der Waals surface area contributed by atoms with Crippen LogP contribution in [0.3, 0.4) is 0 Å². The fraction of sp³-hybridized carbons (Fsp3) is 0.429. The van der Waals surface area contributed by atoms with E-state index < -0.39 is 0 Å². The van der Waals surface area contributed by atoms with E-state index in [1.807, 2.05) is 24.6 Å². The van der Waals surface area contributed by atoms with Crippen molar-refractivity contribution >= 4 is 17.5 Å². The average molecular weight is 229 g/mol. The number of rotatable bonds is 1. The summed E-state index contributed by atoms with van der Waals surface area (Å²) < 4.78 is 0. The second-order valence-electron chi connectivity index (χ2n) is 5.37. The molecule has 90 valence electrons. The molecule has 0 bridgehead atoms. The van der Waals surface area contributed by atoms with Gasteiger partial charge in [-0.25, -0.2) is 0 Å². The second-order valence-corrected chi connectivity index (χ2v) is 5.37. The van der Waals surface area contributed by atoms with Gasteiger partial charge in [-0.15, -0.1) is 0 Å². The Hall–Kier alpha value is -1.64. The minimum absolute atomic E-state index is 0.0467. The van der Waals surface area contributed by atoms with Crippen LogP contribution >= 0.6 is 0 Å². The third-order valence-electron chi connectivity index (χ3n) is 2.99. The lowest BCUT2D eigenvalue weighted by atomic mass is 9.85. The lowest BCUT2D eigenvalue weighted by Gasteiger charge is -2.23. The summed E-state index contributed by atoms with van der Waals surface area (Å²) in [5, 5.41) is 0. The topological polar surface area (TPSA) is 51.3 Å². The van der Waals surface area contributed by atoms with E-state index in [1.54, 1.807) is 0 Å². The lowest BCUT2D eigenvalue weighted by Crippen LogP contribution is -2.16. The number of aromatic nitrogens is 1. The summed E-state index contributed by atoms with van der Waals surface area (Å²) in [5.41, 5.74) is 10.4. The smallest absolute Gasteiger partial charge is 0.0895 e. The Labute approximate surface area is 102 Å². The molecule has 17 heavy (non-hydrogen) atoms. The van der Waals surface area contributed by atoms with E-state index in [-0.39, 0.29) is 5.41 Å². The van der Waals surface area contributed by atoms with E-state index in [9.17, 15) is 0 Å². The summed E-state index contributed by atoms with van der Waals surface area (Å²) in [4.78, 5) is 8.60. The number of nitrogens with two attached hydrogens (primary N) is 1. The molecule has 1 aromatic rings. The third kappa shape index (κ3) is 2.38. The van der Waals surface area contributed by atoms with Crippen LogP contribution in [0.25, 0.3) is 5.57 Å². The normalized spacial score (nSPS) is 15.8. The van der Waals surface area contributed by atoms with Gasteiger partial charge in [-0.05, 0) is 35.1 Å². The molecule has 2 N–H and O–H groups in total. The van der Waals surface area contributed by atoms with Gasteiger partial charge in [-0.2, -0.15) is 0 Å². The SMILES string of the molecule is CC(C)(C)c1ccnc(C2=CC=NCC2)c1N. The first-order valence-electron chi connectivity index (χ1n) is 5.94. The molecule has 0 atom stereocenters. The molecule has 0 aliphatic carbocycles. The minimum atomic E-state index is 0.0467. The quantitative estimate of drug-likeness (QED) is 0.805. The van der Waals surface area contributed by atoms with E-state index >= 15 is 0 Å². The van der Waals surface area contributed by atoms with Crippen molar-refractivity contribution in [2.75, 3.05) is 12.3 Å². The van der Waals surface area contributed by atoms with Gasteiger partial charge in [-0.3, -0.25) is 9.98 Å². The molecule has 0 saturated heterocycles. The van der Waals surface area contributed by atoms with E-state index in [4.69, 9.17) is 5.73 Å². The van der Waals surface area contributed by atoms with Crippen LogP contribution in [0.1, 0.15) is 38.4 Å². The first-order chi connectivity index (χ1) is 8.00. The van der Waals surface area contributed by atoms with Gasteiger partial charge in [0.15, 0.2) is 0 Å². The first kappa shape index (κ1) is 11.8. The minimum Gasteiger partial charge on any atom is -0.397 e. The highest BCUT2D eigenvalue weighted by molar-refractivity contribution is 5.88. The summed E-state index contributed by atoms with van der Waals surface area (Å²) in [6.45, 7) is 7.32. The van der Waals surface area contributed by atoms with Gasteiger partial charge in [0, 0.05) is 19.0 Å². The van der Waals surface area contributed by atoms with Gasteiger partial charge >= 0.3 is 0 Å². The Morgan fingerprint density at radius 1 is 1.29 bits per heavy atom. The van der Waals surface area contributed by atoms with Gasteiger partial charge in [-0.1, -0.05) is 20.8 Å². The summed E-state index contributed by atoms with van der Waals surface area (Å²) in [7, 11) is 0. The molecular weight excluding hydrogens is 210 g/mol. The Kier molecular flexibility index (Phi) is 3.01. The molecule has 0 saturated carbocycles. The van der Waals surface area contributed by atoms with Gasteiger partial charge in [0.05, 0.1) is 11.4 Å². The fourth-order valence-corrected chi connectivity index (χ4v) is 2.07. The zero-order valence-electron chi connectivity index (χ0n) is 10.7. The van der Waals surface area contributed by atoms with Crippen LogP contribution in [0.5, 0.6) is 0 Å². The maximum atomic E-state index is 6.25. The molecule has 0 spiro atoms. The number of hydrogen-bond acceptors (Lipinski definition) is 3. The average Bonchev–Trinajstić information content (AvgIpc) is 2.29. The highest BCUT2D eigenvalue weighted by Gasteiger charge is 2.20. The van der Waals surface area contributed by atoms with Crippen LogP contribution < -0.4 is 5.73 Å². The van der Waals surface area contributed by atoms with Crippen LogP contribution in [0.15, 0.2) is 23.3 Å². The number of allylic oxidation sites excluding steroid dienone is 1. The van der Waals surface area contributed by atoms with Crippen molar-refractivity contribution in [3.63, 3.8) is 0 Å². The predicted molar refractivity (Wildman–Crippen MR) is 73.3 cm³/mol. The van der Waals surface area contributed by atoms with Crippen molar-refractivity contribution in [2.24, 2.45) is 4.99 Å². The van der Waals surface area contributed by atoms with E-state index in [1.165, 1.54) is 5.57 Å². The lowest BCUT2D eigenvalue weighted by molar-refractivity contribution is 0.591. The molecular formula is C14H19N3. The highest BCUT2D eigenvalue weighted by atomic mass is 14.8. The Balaban J connectivity index is 2.49. The zero-order chi connectivity index (χ0) is 12.5. The summed E-state index contributed by atoms with van der Waals surface area (Å²) in [6.07, 6.45) is 6.61. The number of aliphatic imine (C=N–C) groups is 1. The van der Waals surface area contributed by atoms with E-state index in [2.05, 4.69) is 30.7 Å². The molecule has 1 aliphatic rings. The van der Waals surface area contributed by atoms with Gasteiger partial charge < -0.3 is 5.73 Å². The maximum absolute atomic E-state index is 6.25. The highest BCUT2D eigenvalue weighted by Crippen LogP contribution is 2.32. The standard InChI is InChI=1S/C14H19N3/c1-14(2,3)11-6-9-17-13(12(11)15)10-4-7-16-8-5-10/h4,6-7,9H,5,8,15H2,1-3H3. The Morgan fingerprint density at radius 3 is 2.65 bits per heavy atom. The Bertz CT molecular complexity index is 479. The molecule has 0 radical (unpaired) electrons. The molecule has 0 aromatic carbocycles. The predicted octanol–water partition coefficient (Wildman–Crippen LogP) is 2.82. The molecule has 3 nitrogen and oxygen atoms in total.